The van der Waals surface area contributed by atoms with Crippen LogP contribution in [-0.4, -0.2) is 12.3 Å². The summed E-state index contributed by atoms with van der Waals surface area (Å²) in [7, 11) is 0. The molecule has 3 aliphatic carbocycles. The van der Waals surface area contributed by atoms with Crippen LogP contribution in [-0.2, 0) is 10.8 Å². The van der Waals surface area contributed by atoms with Gasteiger partial charge in [0.2, 0.25) is 0 Å². The van der Waals surface area contributed by atoms with Gasteiger partial charge in [-0.1, -0.05) is 159 Å². The van der Waals surface area contributed by atoms with Gasteiger partial charge in [0.15, 0.2) is 0 Å². The van der Waals surface area contributed by atoms with E-state index in [1.54, 1.807) is 0 Å². The van der Waals surface area contributed by atoms with Crippen LogP contribution in [0.1, 0.15) is 57.9 Å². The minimum Gasteiger partial charge on any atom is -0.286 e. The van der Waals surface area contributed by atoms with Gasteiger partial charge in [0.1, 0.15) is 0 Å². The van der Waals surface area contributed by atoms with Gasteiger partial charge in [0, 0.05) is 5.71 Å². The third kappa shape index (κ3) is 3.31. The lowest BCUT2D eigenvalue weighted by molar-refractivity contribution is 0.633. The molecule has 2 spiro atoms. The fourth-order valence-electron chi connectivity index (χ4n) is 8.84. The molecule has 1 aliphatic heterocycles. The molecular weight excluding hydrogens is 542 g/mol. The van der Waals surface area contributed by atoms with Crippen molar-refractivity contribution in [1.82, 2.24) is 0 Å². The van der Waals surface area contributed by atoms with Gasteiger partial charge in [-0.25, -0.2) is 0 Å². The first-order chi connectivity index (χ1) is 22.3. The maximum absolute atomic E-state index is 4.16. The van der Waals surface area contributed by atoms with Gasteiger partial charge in [-0.05, 0) is 79.3 Å². The third-order valence-electron chi connectivity index (χ3n) is 10.4. The zero-order chi connectivity index (χ0) is 30.0. The van der Waals surface area contributed by atoms with Gasteiger partial charge in [-0.15, -0.1) is 0 Å². The lowest BCUT2D eigenvalue weighted by Crippen LogP contribution is -2.43. The van der Waals surface area contributed by atoms with Gasteiger partial charge >= 0.3 is 0 Å². The molecule has 6 aromatic rings. The summed E-state index contributed by atoms with van der Waals surface area (Å²) in [4.78, 5) is 4.16. The molecule has 0 N–H and O–H groups in total. The van der Waals surface area contributed by atoms with E-state index in [1.807, 2.05) is 0 Å². The Balaban J connectivity index is 0.000000358. The molecule has 1 nitrogen and oxygen atoms in total. The number of hydrogen-bond acceptors (Lipinski definition) is 1. The highest BCUT2D eigenvalue weighted by Crippen LogP contribution is 2.67. The highest BCUT2D eigenvalue weighted by atomic mass is 14.7. The zero-order valence-corrected chi connectivity index (χ0v) is 25.4. The maximum Gasteiger partial charge on any atom is 0.0720 e. The molecule has 0 fully saturated rings. The predicted octanol–water partition coefficient (Wildman–Crippen LogP) is 10.1. The van der Waals surface area contributed by atoms with Crippen LogP contribution in [0, 0.1) is 0 Å². The Morgan fingerprint density at radius 2 is 0.711 bits per heavy atom. The van der Waals surface area contributed by atoms with Crippen molar-refractivity contribution in [3.8, 4) is 22.3 Å². The van der Waals surface area contributed by atoms with Gasteiger partial charge in [0.05, 0.1) is 17.4 Å². The SMILES string of the molecule is CCC1=NCC=C1.c1ccc2c(c1)-c1ccccc1C21c2ccccc2C2(c3ccccc3-c3ccccc32)c2ccccc21. The summed E-state index contributed by atoms with van der Waals surface area (Å²) in [5, 5.41) is 0. The van der Waals surface area contributed by atoms with E-state index >= 15 is 0 Å². The second kappa shape index (κ2) is 9.87. The maximum atomic E-state index is 4.16. The molecule has 0 unspecified atom stereocenters. The largest absolute Gasteiger partial charge is 0.286 e. The second-order valence-corrected chi connectivity index (χ2v) is 12.4. The zero-order valence-electron chi connectivity index (χ0n) is 25.4. The van der Waals surface area contributed by atoms with Crippen molar-refractivity contribution in [2.45, 2.75) is 24.2 Å². The minimum absolute atomic E-state index is 0.363. The molecule has 1 heterocycles. The van der Waals surface area contributed by atoms with Crippen LogP contribution in [0.5, 0.6) is 0 Å². The topological polar surface area (TPSA) is 12.4 Å². The van der Waals surface area contributed by atoms with E-state index in [2.05, 4.69) is 170 Å². The van der Waals surface area contributed by atoms with Crippen LogP contribution in [0.3, 0.4) is 0 Å². The predicted molar refractivity (Wildman–Crippen MR) is 186 cm³/mol. The van der Waals surface area contributed by atoms with Crippen LogP contribution in [0.15, 0.2) is 163 Å². The number of nitrogens with zero attached hydrogens (tertiary/aromatic N) is 1. The number of rotatable bonds is 1. The quantitative estimate of drug-likeness (QED) is 0.185. The van der Waals surface area contributed by atoms with E-state index in [9.17, 15) is 0 Å². The Morgan fingerprint density at radius 1 is 0.422 bits per heavy atom. The summed E-state index contributed by atoms with van der Waals surface area (Å²) in [5.41, 5.74) is 17.0. The van der Waals surface area contributed by atoms with E-state index in [0.29, 0.717) is 0 Å². The molecule has 0 radical (unpaired) electrons. The molecule has 45 heavy (non-hydrogen) atoms. The molecule has 214 valence electrons. The van der Waals surface area contributed by atoms with Crippen molar-refractivity contribution in [2.75, 3.05) is 6.54 Å². The number of benzene rings is 6. The Morgan fingerprint density at radius 3 is 0.956 bits per heavy atom. The Bertz CT molecular complexity index is 1910. The molecule has 0 amide bonds. The van der Waals surface area contributed by atoms with E-state index in [1.165, 1.54) is 72.5 Å². The lowest BCUT2D eigenvalue weighted by atomic mass is 9.52. The van der Waals surface area contributed by atoms with Gasteiger partial charge in [-0.2, -0.15) is 0 Å². The highest BCUT2D eigenvalue weighted by molar-refractivity contribution is 5.96. The summed E-state index contributed by atoms with van der Waals surface area (Å²) in [5.74, 6) is 0. The first-order valence-electron chi connectivity index (χ1n) is 16.1. The van der Waals surface area contributed by atoms with Crippen molar-refractivity contribution < 1.29 is 0 Å². The van der Waals surface area contributed by atoms with Crippen LogP contribution in [0.2, 0.25) is 0 Å². The summed E-state index contributed by atoms with van der Waals surface area (Å²) in [6.45, 7) is 3.03. The standard InChI is InChI=1S/C38H24.C6H9N/c1-5-17-29-25(13-1)26-14-2-6-18-30(26)37(29)33-21-9-11-23-35(33)38(36-24-12-10-22-34(36)37)31-19-7-3-15-27(31)28-16-4-8-20-32(28)38;1-2-6-4-3-5-7-6/h1-24H;3-4H,2,5H2,1H3. The molecule has 0 bridgehead atoms. The van der Waals surface area contributed by atoms with Crippen LogP contribution in [0.25, 0.3) is 22.3 Å². The first-order valence-corrected chi connectivity index (χ1v) is 16.1. The number of allylic oxidation sites excluding steroid dienone is 1. The average Bonchev–Trinajstić information content (AvgIpc) is 3.82. The molecule has 6 aromatic carbocycles. The van der Waals surface area contributed by atoms with E-state index in [-0.39, 0.29) is 10.8 Å². The molecule has 10 rings (SSSR count). The summed E-state index contributed by atoms with van der Waals surface area (Å²) >= 11 is 0. The van der Waals surface area contributed by atoms with Crippen LogP contribution >= 0.6 is 0 Å². The second-order valence-electron chi connectivity index (χ2n) is 12.4. The fourth-order valence-corrected chi connectivity index (χ4v) is 8.84. The number of fused-ring (bicyclic) bond motifs is 16. The van der Waals surface area contributed by atoms with Gasteiger partial charge < -0.3 is 0 Å². The van der Waals surface area contributed by atoms with Gasteiger partial charge in [0.25, 0.3) is 0 Å². The lowest BCUT2D eigenvalue weighted by Gasteiger charge is -2.48. The molecular formula is C44H33N. The molecule has 0 aromatic heterocycles. The number of aliphatic imine (C=N–C) groups is 1. The normalized spacial score (nSPS) is 16.1. The third-order valence-corrected chi connectivity index (χ3v) is 10.4. The molecule has 0 saturated carbocycles. The van der Waals surface area contributed by atoms with Crippen molar-refractivity contribution in [2.24, 2.45) is 4.99 Å². The molecule has 0 atom stereocenters. The summed E-state index contributed by atoms with van der Waals surface area (Å²) in [6, 6.07) is 54.7. The van der Waals surface area contributed by atoms with Crippen molar-refractivity contribution in [3.63, 3.8) is 0 Å². The Kier molecular flexibility index (Phi) is 5.74. The van der Waals surface area contributed by atoms with Crippen molar-refractivity contribution in [1.29, 1.82) is 0 Å². The van der Waals surface area contributed by atoms with E-state index < -0.39 is 0 Å². The molecule has 4 aliphatic rings. The van der Waals surface area contributed by atoms with E-state index in [0.717, 1.165) is 13.0 Å². The summed E-state index contributed by atoms with van der Waals surface area (Å²) in [6.07, 6.45) is 5.25. The van der Waals surface area contributed by atoms with Crippen molar-refractivity contribution >= 4 is 5.71 Å². The average molecular weight is 576 g/mol. The fraction of sp³-hybridized carbons (Fsp3) is 0.114. The van der Waals surface area contributed by atoms with Crippen LogP contribution in [0.4, 0.5) is 0 Å². The van der Waals surface area contributed by atoms with Crippen molar-refractivity contribution in [3.05, 3.63) is 202 Å². The number of hydrogen-bond donors (Lipinski definition) is 0. The monoisotopic (exact) mass is 575 g/mol. The van der Waals surface area contributed by atoms with E-state index in [4.69, 9.17) is 0 Å². The summed E-state index contributed by atoms with van der Waals surface area (Å²) < 4.78 is 0. The van der Waals surface area contributed by atoms with Gasteiger partial charge in [-0.3, -0.25) is 4.99 Å². The van der Waals surface area contributed by atoms with Crippen LogP contribution < -0.4 is 0 Å². The smallest absolute Gasteiger partial charge is 0.0720 e. The molecule has 1 heteroatoms. The highest BCUT2D eigenvalue weighted by Gasteiger charge is 2.58. The Labute approximate surface area is 265 Å². The first kappa shape index (κ1) is 26.2. The molecule has 0 saturated heterocycles. The minimum atomic E-state index is -0.363. The Hall–Kier alpha value is -5.27.